The van der Waals surface area contributed by atoms with E-state index in [9.17, 15) is 16.6 Å². The van der Waals surface area contributed by atoms with Crippen LogP contribution in [0.1, 0.15) is 29.2 Å². The molecule has 0 spiro atoms. The summed E-state index contributed by atoms with van der Waals surface area (Å²) in [6.07, 6.45) is -6.57. The second-order valence-corrected chi connectivity index (χ2v) is 13.6. The molecule has 296 valence electrons. The third kappa shape index (κ3) is 11.5. The van der Waals surface area contributed by atoms with Gasteiger partial charge in [0.2, 0.25) is 0 Å². The first-order valence-corrected chi connectivity index (χ1v) is 18.7. The zero-order valence-corrected chi connectivity index (χ0v) is 31.4. The molecule has 0 amide bonds. The molecule has 6 rings (SSSR count). The van der Waals surface area contributed by atoms with Crippen LogP contribution in [0.4, 0.5) is 0 Å². The van der Waals surface area contributed by atoms with Crippen molar-refractivity contribution >= 4 is 0 Å². The highest BCUT2D eigenvalue weighted by atomic mass is 16.7. The normalized spacial score (nSPS) is 27.0. The van der Waals surface area contributed by atoms with Gasteiger partial charge in [-0.05, 0) is 45.8 Å². The highest BCUT2D eigenvalue weighted by molar-refractivity contribution is 5.16. The molecule has 10 atom stereocenters. The van der Waals surface area contributed by atoms with Crippen molar-refractivity contribution in [2.75, 3.05) is 13.2 Å². The molecule has 0 radical (unpaired) electrons. The van der Waals surface area contributed by atoms with Gasteiger partial charge in [-0.25, -0.2) is 0 Å². The maximum absolute atomic E-state index is 9.88. The molecule has 0 aromatic heterocycles. The van der Waals surface area contributed by atoms with Gasteiger partial charge in [0.15, 0.2) is 6.29 Å². The zero-order valence-electron chi connectivity index (χ0n) is 31.4. The molecule has 4 aromatic rings. The van der Waals surface area contributed by atoms with E-state index in [2.05, 4.69) is 30.1 Å². The van der Waals surface area contributed by atoms with Crippen LogP contribution in [0.15, 0.2) is 137 Å². The Morgan fingerprint density at radius 2 is 0.912 bits per heavy atom. The summed E-state index contributed by atoms with van der Waals surface area (Å²) < 4.78 is 45.5. The zero-order chi connectivity index (χ0) is 39.7. The lowest BCUT2D eigenvalue weighted by molar-refractivity contribution is -0.325. The Bertz CT molecular complexity index is 1950. The number of nitrogens with zero attached hydrogens (tertiary/aromatic N) is 9. The van der Waals surface area contributed by atoms with Crippen molar-refractivity contribution in [1.29, 1.82) is 0 Å². The minimum atomic E-state index is -1.23. The first kappa shape index (κ1) is 41.2. The Hall–Kier alpha value is -5.47. The molecular formula is C41H45N9O7. The predicted molar refractivity (Wildman–Crippen MR) is 209 cm³/mol. The Morgan fingerprint density at radius 1 is 0.491 bits per heavy atom. The van der Waals surface area contributed by atoms with E-state index < -0.39 is 61.0 Å². The number of rotatable bonds is 19. The van der Waals surface area contributed by atoms with Crippen molar-refractivity contribution < 1.29 is 33.2 Å². The largest absolute Gasteiger partial charge is 0.374 e. The molecule has 0 aliphatic carbocycles. The van der Waals surface area contributed by atoms with Gasteiger partial charge < -0.3 is 33.2 Å². The minimum Gasteiger partial charge on any atom is -0.374 e. The van der Waals surface area contributed by atoms with Gasteiger partial charge in [0.1, 0.15) is 18.3 Å². The van der Waals surface area contributed by atoms with E-state index in [1.807, 2.05) is 121 Å². The lowest BCUT2D eigenvalue weighted by Crippen LogP contribution is -2.64. The van der Waals surface area contributed by atoms with Crippen molar-refractivity contribution in [2.24, 2.45) is 15.3 Å². The Kier molecular flexibility index (Phi) is 15.7. The van der Waals surface area contributed by atoms with Crippen LogP contribution in [-0.2, 0) is 59.6 Å². The van der Waals surface area contributed by atoms with Gasteiger partial charge in [-0.15, -0.1) is 0 Å². The quantitative estimate of drug-likeness (QED) is 0.0514. The van der Waals surface area contributed by atoms with E-state index >= 15 is 0 Å². The average Bonchev–Trinajstić information content (AvgIpc) is 3.24. The van der Waals surface area contributed by atoms with Crippen LogP contribution in [0, 0.1) is 0 Å². The molecule has 4 aromatic carbocycles. The van der Waals surface area contributed by atoms with Gasteiger partial charge in [-0.2, -0.15) is 0 Å². The van der Waals surface area contributed by atoms with Crippen LogP contribution in [0.2, 0.25) is 0 Å². The molecule has 2 heterocycles. The minimum absolute atomic E-state index is 0.00200. The van der Waals surface area contributed by atoms with Gasteiger partial charge in [0.25, 0.3) is 0 Å². The summed E-state index contributed by atoms with van der Waals surface area (Å²) in [6, 6.07) is 35.5. The van der Waals surface area contributed by atoms with Crippen molar-refractivity contribution in [3.05, 3.63) is 175 Å². The van der Waals surface area contributed by atoms with E-state index in [0.717, 1.165) is 22.3 Å². The van der Waals surface area contributed by atoms with Gasteiger partial charge in [-0.3, -0.25) is 0 Å². The van der Waals surface area contributed by atoms with Gasteiger partial charge in [-0.1, -0.05) is 137 Å². The van der Waals surface area contributed by atoms with E-state index in [0.29, 0.717) is 0 Å². The molecule has 0 bridgehead atoms. The molecule has 57 heavy (non-hydrogen) atoms. The number of hydrogen-bond donors (Lipinski definition) is 0. The summed E-state index contributed by atoms with van der Waals surface area (Å²) in [7, 11) is 0. The highest BCUT2D eigenvalue weighted by Crippen LogP contribution is 2.36. The van der Waals surface area contributed by atoms with E-state index in [1.165, 1.54) is 0 Å². The molecule has 2 saturated heterocycles. The highest BCUT2D eigenvalue weighted by Gasteiger charge is 2.52. The third-order valence-electron chi connectivity index (χ3n) is 9.75. The summed E-state index contributed by atoms with van der Waals surface area (Å²) in [4.78, 5) is 9.34. The number of benzene rings is 4. The van der Waals surface area contributed by atoms with Crippen LogP contribution in [0.5, 0.6) is 0 Å². The maximum Gasteiger partial charge on any atom is 0.187 e. The van der Waals surface area contributed by atoms with Gasteiger partial charge >= 0.3 is 0 Å². The van der Waals surface area contributed by atoms with E-state index in [-0.39, 0.29) is 39.6 Å². The first-order valence-electron chi connectivity index (χ1n) is 18.7. The summed E-state index contributed by atoms with van der Waals surface area (Å²) in [5, 5.41) is 12.3. The van der Waals surface area contributed by atoms with Crippen LogP contribution in [0.3, 0.4) is 0 Å². The summed E-state index contributed by atoms with van der Waals surface area (Å²) in [5.74, 6) is 0. The van der Waals surface area contributed by atoms with E-state index in [1.54, 1.807) is 6.92 Å². The predicted octanol–water partition coefficient (Wildman–Crippen LogP) is 8.52. The van der Waals surface area contributed by atoms with Crippen molar-refractivity contribution in [1.82, 2.24) is 0 Å². The molecule has 0 N–H and O–H groups in total. The summed E-state index contributed by atoms with van der Waals surface area (Å²) in [6.45, 7) is 2.59. The molecule has 2 aliphatic heterocycles. The van der Waals surface area contributed by atoms with Crippen molar-refractivity contribution in [2.45, 2.75) is 94.4 Å². The lowest BCUT2D eigenvalue weighted by atomic mass is 9.91. The average molecular weight is 776 g/mol. The van der Waals surface area contributed by atoms with Gasteiger partial charge in [0.05, 0.1) is 76.1 Å². The molecule has 1 unspecified atom stereocenters. The third-order valence-corrected chi connectivity index (χ3v) is 9.75. The summed E-state index contributed by atoms with van der Waals surface area (Å²) in [5.41, 5.74) is 32.8. The maximum atomic E-state index is 9.88. The molecular weight excluding hydrogens is 731 g/mol. The topological polar surface area (TPSA) is 211 Å². The fourth-order valence-corrected chi connectivity index (χ4v) is 6.97. The molecule has 0 saturated carbocycles. The Balaban J connectivity index is 1.36. The SMILES string of the molecule is C[C@@H]1O[C@H](COCc2ccccc2)[C@@H](OC2O[C@H](COCc3ccccc3)[C@@H](N=[N+]=[N-])[C@H](OCc3ccccc3)[C@H]2OCc2ccccc2)[C@H](N=[N+]=[N-])[C@H]1N=[N+]=[N-]. The molecule has 2 aliphatic rings. The number of azide groups is 3. The second-order valence-electron chi connectivity index (χ2n) is 13.6. The first-order chi connectivity index (χ1) is 28.1. The van der Waals surface area contributed by atoms with Crippen LogP contribution in [0.25, 0.3) is 31.3 Å². The number of hydrogen-bond acceptors (Lipinski definition) is 10. The van der Waals surface area contributed by atoms with Crippen molar-refractivity contribution in [3.63, 3.8) is 0 Å². The van der Waals surface area contributed by atoms with Crippen LogP contribution in [-0.4, -0.2) is 74.3 Å². The van der Waals surface area contributed by atoms with Crippen LogP contribution >= 0.6 is 0 Å². The molecule has 2 fully saturated rings. The summed E-state index contributed by atoms with van der Waals surface area (Å²) >= 11 is 0. The van der Waals surface area contributed by atoms with Crippen LogP contribution < -0.4 is 0 Å². The number of ether oxygens (including phenoxy) is 7. The smallest absolute Gasteiger partial charge is 0.187 e. The lowest BCUT2D eigenvalue weighted by Gasteiger charge is -2.48. The Labute approximate surface area is 330 Å². The fraction of sp³-hybridized carbons (Fsp3) is 0.415. The standard InChI is InChI=1S/C41H45N9O7/c1-28-35(45-48-42)37(47-50-44)38(34(55-28)27-52-23-30-16-8-3-9-17-30)57-41-40(54-25-32-20-12-5-13-21-32)39(53-24-31-18-10-4-11-19-31)36(46-49-43)33(56-41)26-51-22-29-14-6-2-7-15-29/h2-21,28,33-41H,22-27H2,1H3/t28-,33+,34+,35-,36+,37+,38+,39-,40+,41?/m0/s1. The van der Waals surface area contributed by atoms with Gasteiger partial charge in [0, 0.05) is 14.7 Å². The van der Waals surface area contributed by atoms with E-state index in [4.69, 9.17) is 33.2 Å². The monoisotopic (exact) mass is 775 g/mol. The fourth-order valence-electron chi connectivity index (χ4n) is 6.97. The van der Waals surface area contributed by atoms with Crippen molar-refractivity contribution in [3.8, 4) is 0 Å². The second kappa shape index (κ2) is 21.7. The molecule has 16 nitrogen and oxygen atoms in total. The Morgan fingerprint density at radius 3 is 1.40 bits per heavy atom. The molecule has 16 heteroatoms.